The van der Waals surface area contributed by atoms with Crippen LogP contribution in [0.4, 0.5) is 0 Å². The molecule has 8 heteroatoms. The summed E-state index contributed by atoms with van der Waals surface area (Å²) in [6.07, 6.45) is 8.55. The van der Waals surface area contributed by atoms with E-state index in [2.05, 4.69) is 21.4 Å². The minimum absolute atomic E-state index is 0.0212. The van der Waals surface area contributed by atoms with Crippen LogP contribution in [0, 0.1) is 23.2 Å². The second-order valence-electron chi connectivity index (χ2n) is 10.0. The molecule has 6 rings (SSSR count). The summed E-state index contributed by atoms with van der Waals surface area (Å²) in [6, 6.07) is 5.70. The van der Waals surface area contributed by atoms with E-state index < -0.39 is 0 Å². The SMILES string of the molecule is CC(C)Oc1ccc(/C=C2\SC(=S)N(NC(=O)C34CC5CC(CC(C5)C3)C4)C2=O)cc1Br. The highest BCUT2D eigenvalue weighted by molar-refractivity contribution is 9.10. The lowest BCUT2D eigenvalue weighted by molar-refractivity contribution is -0.152. The number of ether oxygens (including phenoxy) is 1. The zero-order valence-electron chi connectivity index (χ0n) is 18.2. The Morgan fingerprint density at radius 2 is 1.88 bits per heavy atom. The van der Waals surface area contributed by atoms with E-state index >= 15 is 0 Å². The van der Waals surface area contributed by atoms with Gasteiger partial charge in [0.2, 0.25) is 5.91 Å². The van der Waals surface area contributed by atoms with Crippen molar-refractivity contribution in [1.29, 1.82) is 0 Å². The van der Waals surface area contributed by atoms with Crippen LogP contribution in [0.3, 0.4) is 0 Å². The number of hydrogen-bond acceptors (Lipinski definition) is 5. The predicted octanol–water partition coefficient (Wildman–Crippen LogP) is 5.69. The quantitative estimate of drug-likeness (QED) is 0.388. The first-order valence-electron chi connectivity index (χ1n) is 11.3. The lowest BCUT2D eigenvalue weighted by Gasteiger charge is -2.55. The third-order valence-corrected chi connectivity index (χ3v) is 9.07. The summed E-state index contributed by atoms with van der Waals surface area (Å²) >= 11 is 10.2. The van der Waals surface area contributed by atoms with Crippen molar-refractivity contribution >= 4 is 62.1 Å². The summed E-state index contributed by atoms with van der Waals surface area (Å²) in [4.78, 5) is 26.9. The highest BCUT2D eigenvalue weighted by Gasteiger charge is 2.55. The average Bonchev–Trinajstić information content (AvgIpc) is 2.96. The summed E-state index contributed by atoms with van der Waals surface area (Å²) in [5.74, 6) is 2.47. The van der Waals surface area contributed by atoms with Crippen LogP contribution in [0.1, 0.15) is 57.9 Å². The van der Waals surface area contributed by atoms with E-state index in [4.69, 9.17) is 17.0 Å². The molecular weight excluding hydrogens is 508 g/mol. The highest BCUT2D eigenvalue weighted by Crippen LogP contribution is 2.60. The first kappa shape index (κ1) is 22.4. The van der Waals surface area contributed by atoms with Gasteiger partial charge in [0.15, 0.2) is 4.32 Å². The van der Waals surface area contributed by atoms with Gasteiger partial charge in [-0.25, -0.2) is 0 Å². The molecule has 2 amide bonds. The molecule has 0 aromatic heterocycles. The lowest BCUT2D eigenvalue weighted by atomic mass is 9.49. The van der Waals surface area contributed by atoms with Crippen molar-refractivity contribution in [2.45, 2.75) is 58.5 Å². The molecule has 0 spiro atoms. The summed E-state index contributed by atoms with van der Waals surface area (Å²) in [5.41, 5.74) is 3.45. The number of carbonyl (C=O) groups excluding carboxylic acids is 2. The number of hydrogen-bond donors (Lipinski definition) is 1. The lowest BCUT2D eigenvalue weighted by Crippen LogP contribution is -2.57. The van der Waals surface area contributed by atoms with Crippen LogP contribution in [-0.2, 0) is 9.59 Å². The van der Waals surface area contributed by atoms with Gasteiger partial charge in [-0.1, -0.05) is 17.8 Å². The van der Waals surface area contributed by atoms with Crippen LogP contribution < -0.4 is 10.2 Å². The Hall–Kier alpha value is -1.38. The van der Waals surface area contributed by atoms with Crippen LogP contribution in [0.2, 0.25) is 0 Å². The van der Waals surface area contributed by atoms with E-state index in [1.165, 1.54) is 36.0 Å². The molecule has 4 bridgehead atoms. The largest absolute Gasteiger partial charge is 0.490 e. The molecule has 0 atom stereocenters. The second-order valence-corrected chi connectivity index (χ2v) is 12.5. The van der Waals surface area contributed by atoms with Gasteiger partial charge in [0, 0.05) is 0 Å². The molecule has 170 valence electrons. The normalized spacial score (nSPS) is 32.3. The maximum Gasteiger partial charge on any atom is 0.285 e. The van der Waals surface area contributed by atoms with Crippen molar-refractivity contribution in [1.82, 2.24) is 10.4 Å². The molecule has 0 unspecified atom stereocenters. The van der Waals surface area contributed by atoms with E-state index in [-0.39, 0.29) is 23.3 Å². The fourth-order valence-electron chi connectivity index (χ4n) is 6.28. The number of thiocarbonyl (C=S) groups is 1. The smallest absolute Gasteiger partial charge is 0.285 e. The van der Waals surface area contributed by atoms with Gasteiger partial charge in [-0.2, -0.15) is 5.01 Å². The number of amides is 2. The van der Waals surface area contributed by atoms with Crippen molar-refractivity contribution in [3.05, 3.63) is 33.1 Å². The van der Waals surface area contributed by atoms with Crippen LogP contribution in [0.15, 0.2) is 27.6 Å². The Labute approximate surface area is 206 Å². The standard InChI is InChI=1S/C24H27BrN2O3S2/c1-13(2)30-19-4-3-14(8-18(19)25)9-20-21(28)27(23(31)32-20)26-22(29)24-10-15-5-16(11-24)7-17(6-15)12-24/h3-4,8-9,13,15-17H,5-7,10-12H2,1-2H3,(H,26,29)/b20-9-. The molecule has 5 fully saturated rings. The highest BCUT2D eigenvalue weighted by atomic mass is 79.9. The van der Waals surface area contributed by atoms with Gasteiger partial charge in [0.25, 0.3) is 5.91 Å². The van der Waals surface area contributed by atoms with Crippen molar-refractivity contribution < 1.29 is 14.3 Å². The van der Waals surface area contributed by atoms with Crippen molar-refractivity contribution in [3.63, 3.8) is 0 Å². The number of hydrazine groups is 1. The Bertz CT molecular complexity index is 987. The molecule has 0 radical (unpaired) electrons. The molecule has 4 saturated carbocycles. The van der Waals surface area contributed by atoms with Crippen LogP contribution in [-0.4, -0.2) is 27.2 Å². The molecule has 1 heterocycles. The monoisotopic (exact) mass is 534 g/mol. The molecule has 5 nitrogen and oxygen atoms in total. The Balaban J connectivity index is 1.30. The van der Waals surface area contributed by atoms with E-state index in [9.17, 15) is 9.59 Å². The minimum atomic E-state index is -0.321. The molecule has 1 saturated heterocycles. The molecular formula is C24H27BrN2O3S2. The van der Waals surface area contributed by atoms with Gasteiger partial charge < -0.3 is 4.74 Å². The second kappa shape index (κ2) is 8.44. The fraction of sp³-hybridized carbons (Fsp3) is 0.542. The van der Waals surface area contributed by atoms with Crippen LogP contribution in [0.25, 0.3) is 6.08 Å². The number of carbonyl (C=O) groups is 2. The minimum Gasteiger partial charge on any atom is -0.490 e. The number of nitrogens with one attached hydrogen (secondary N) is 1. The summed E-state index contributed by atoms with van der Waals surface area (Å²) in [6.45, 7) is 3.95. The molecule has 32 heavy (non-hydrogen) atoms. The number of halogens is 1. The molecule has 1 N–H and O–H groups in total. The Morgan fingerprint density at radius 3 is 2.44 bits per heavy atom. The first-order valence-corrected chi connectivity index (χ1v) is 13.3. The Kier molecular flexibility index (Phi) is 5.91. The van der Waals surface area contributed by atoms with Gasteiger partial charge in [-0.15, -0.1) is 0 Å². The first-order chi connectivity index (χ1) is 15.2. The van der Waals surface area contributed by atoms with Gasteiger partial charge in [0.1, 0.15) is 5.75 Å². The van der Waals surface area contributed by atoms with Crippen molar-refractivity contribution in [2.75, 3.05) is 0 Å². The van der Waals surface area contributed by atoms with E-state index in [1.807, 2.05) is 32.0 Å². The predicted molar refractivity (Wildman–Crippen MR) is 134 cm³/mol. The summed E-state index contributed by atoms with van der Waals surface area (Å²) in [7, 11) is 0. The zero-order chi connectivity index (χ0) is 22.6. The third-order valence-electron chi connectivity index (χ3n) is 7.14. The summed E-state index contributed by atoms with van der Waals surface area (Å²) < 4.78 is 6.95. The maximum absolute atomic E-state index is 13.4. The molecule has 1 aromatic carbocycles. The van der Waals surface area contributed by atoms with Crippen molar-refractivity contribution in [3.8, 4) is 5.75 Å². The van der Waals surface area contributed by atoms with Gasteiger partial charge in [-0.3, -0.25) is 15.0 Å². The Morgan fingerprint density at radius 1 is 1.25 bits per heavy atom. The van der Waals surface area contributed by atoms with E-state index in [0.29, 0.717) is 27.0 Å². The summed E-state index contributed by atoms with van der Waals surface area (Å²) in [5, 5.41) is 1.28. The average molecular weight is 536 g/mol. The number of nitrogens with zero attached hydrogens (tertiary/aromatic N) is 1. The molecule has 1 aromatic rings. The maximum atomic E-state index is 13.4. The number of rotatable bonds is 5. The van der Waals surface area contributed by atoms with E-state index in [0.717, 1.165) is 35.0 Å². The van der Waals surface area contributed by atoms with Gasteiger partial charge >= 0.3 is 0 Å². The number of benzene rings is 1. The molecule has 1 aliphatic heterocycles. The number of thioether (sulfide) groups is 1. The van der Waals surface area contributed by atoms with Crippen molar-refractivity contribution in [2.24, 2.45) is 23.2 Å². The zero-order valence-corrected chi connectivity index (χ0v) is 21.4. The third kappa shape index (κ3) is 4.14. The van der Waals surface area contributed by atoms with Crippen LogP contribution in [0.5, 0.6) is 5.75 Å². The fourth-order valence-corrected chi connectivity index (χ4v) is 7.95. The van der Waals surface area contributed by atoms with E-state index in [1.54, 1.807) is 6.08 Å². The topological polar surface area (TPSA) is 58.6 Å². The molecule has 5 aliphatic rings. The van der Waals surface area contributed by atoms with Gasteiger partial charge in [0.05, 0.1) is 20.9 Å². The van der Waals surface area contributed by atoms with Crippen LogP contribution >= 0.6 is 39.9 Å². The van der Waals surface area contributed by atoms with Gasteiger partial charge in [-0.05, 0) is 122 Å². The molecule has 4 aliphatic carbocycles.